The summed E-state index contributed by atoms with van der Waals surface area (Å²) in [6.45, 7) is 1.59. The first-order chi connectivity index (χ1) is 9.97. The van der Waals surface area contributed by atoms with E-state index in [4.69, 9.17) is 0 Å². The second-order valence-electron chi connectivity index (χ2n) is 4.93. The van der Waals surface area contributed by atoms with Crippen molar-refractivity contribution in [2.45, 2.75) is 33.0 Å². The first kappa shape index (κ1) is 15.4. The average molecular weight is 295 g/mol. The lowest BCUT2D eigenvalue weighted by molar-refractivity contribution is -0.0505. The molecule has 0 aliphatic heterocycles. The van der Waals surface area contributed by atoms with Crippen LogP contribution in [0.1, 0.15) is 29.8 Å². The number of benzene rings is 1. The molecule has 0 spiro atoms. The fourth-order valence-corrected chi connectivity index (χ4v) is 2.28. The van der Waals surface area contributed by atoms with Gasteiger partial charge in [0.25, 0.3) is 0 Å². The lowest BCUT2D eigenvalue weighted by atomic mass is 10.1. The van der Waals surface area contributed by atoms with Crippen LogP contribution in [0.15, 0.2) is 30.5 Å². The van der Waals surface area contributed by atoms with Gasteiger partial charge in [0.2, 0.25) is 0 Å². The molecule has 0 radical (unpaired) electrons. The predicted molar refractivity (Wildman–Crippen MR) is 76.3 cm³/mol. The lowest BCUT2D eigenvalue weighted by Gasteiger charge is -2.15. The summed E-state index contributed by atoms with van der Waals surface area (Å²) in [6.07, 6.45) is 1.95. The van der Waals surface area contributed by atoms with Crippen LogP contribution in [-0.2, 0) is 13.6 Å². The zero-order chi connectivity index (χ0) is 15.4. The number of aromatic nitrogens is 2. The Morgan fingerprint density at radius 3 is 2.67 bits per heavy atom. The van der Waals surface area contributed by atoms with Crippen molar-refractivity contribution in [2.24, 2.45) is 7.05 Å². The van der Waals surface area contributed by atoms with E-state index in [1.54, 1.807) is 28.9 Å². The van der Waals surface area contributed by atoms with E-state index in [0.717, 1.165) is 11.3 Å². The monoisotopic (exact) mass is 295 g/mol. The van der Waals surface area contributed by atoms with Crippen molar-refractivity contribution < 1.29 is 13.5 Å². The molecule has 21 heavy (non-hydrogen) atoms. The van der Waals surface area contributed by atoms with Crippen LogP contribution in [0.4, 0.5) is 8.78 Å². The van der Waals surface area contributed by atoms with Crippen molar-refractivity contribution in [3.8, 4) is 5.75 Å². The van der Waals surface area contributed by atoms with Gasteiger partial charge in [0.15, 0.2) is 0 Å². The van der Waals surface area contributed by atoms with Crippen molar-refractivity contribution in [3.05, 3.63) is 47.3 Å². The van der Waals surface area contributed by atoms with E-state index in [1.165, 1.54) is 0 Å². The van der Waals surface area contributed by atoms with Crippen molar-refractivity contribution in [1.29, 1.82) is 0 Å². The van der Waals surface area contributed by atoms with E-state index >= 15 is 0 Å². The van der Waals surface area contributed by atoms with Crippen molar-refractivity contribution in [2.75, 3.05) is 0 Å². The molecular formula is C15H19F2N3O. The minimum Gasteiger partial charge on any atom is -0.434 e. The third-order valence-corrected chi connectivity index (χ3v) is 3.31. The lowest BCUT2D eigenvalue weighted by Crippen LogP contribution is -2.19. The maximum absolute atomic E-state index is 12.4. The predicted octanol–water partition coefficient (Wildman–Crippen LogP) is 3.18. The topological polar surface area (TPSA) is 39.1 Å². The van der Waals surface area contributed by atoms with Crippen LogP contribution in [0, 0.1) is 6.92 Å². The van der Waals surface area contributed by atoms with Crippen LogP contribution in [0.2, 0.25) is 0 Å². The molecule has 1 unspecified atom stereocenters. The van der Waals surface area contributed by atoms with Crippen LogP contribution < -0.4 is 10.1 Å². The van der Waals surface area contributed by atoms with Gasteiger partial charge < -0.3 is 10.1 Å². The van der Waals surface area contributed by atoms with Crippen LogP contribution >= 0.6 is 0 Å². The van der Waals surface area contributed by atoms with Gasteiger partial charge >= 0.3 is 6.61 Å². The molecule has 1 N–H and O–H groups in total. The van der Waals surface area contributed by atoms with Gasteiger partial charge in [-0.2, -0.15) is 13.9 Å². The number of aryl methyl sites for hydroxylation is 2. The Labute approximate surface area is 122 Å². The largest absolute Gasteiger partial charge is 0.434 e. The average Bonchev–Trinajstić information content (AvgIpc) is 2.76. The Kier molecular flexibility index (Phi) is 4.90. The fourth-order valence-electron chi connectivity index (χ4n) is 2.28. The quantitative estimate of drug-likeness (QED) is 0.889. The van der Waals surface area contributed by atoms with Gasteiger partial charge in [-0.25, -0.2) is 0 Å². The van der Waals surface area contributed by atoms with Crippen molar-refractivity contribution >= 4 is 0 Å². The summed E-state index contributed by atoms with van der Waals surface area (Å²) in [7, 11) is 1.87. The smallest absolute Gasteiger partial charge is 0.387 e. The number of nitrogens with zero attached hydrogens (tertiary/aromatic N) is 2. The number of ether oxygens (including phenoxy) is 1. The van der Waals surface area contributed by atoms with Crippen LogP contribution in [0.25, 0.3) is 0 Å². The van der Waals surface area contributed by atoms with E-state index in [2.05, 4.69) is 15.2 Å². The molecule has 1 atom stereocenters. The normalized spacial score (nSPS) is 12.7. The third kappa shape index (κ3) is 4.01. The summed E-state index contributed by atoms with van der Waals surface area (Å²) >= 11 is 0. The van der Waals surface area contributed by atoms with Crippen molar-refractivity contribution in [1.82, 2.24) is 15.1 Å². The third-order valence-electron chi connectivity index (χ3n) is 3.31. The Bertz CT molecular complexity index is 598. The SMILES string of the molecule is Cc1nn(C)cc1C(C)NCc1ccccc1OC(F)F. The molecule has 0 bridgehead atoms. The molecule has 6 heteroatoms. The highest BCUT2D eigenvalue weighted by atomic mass is 19.3. The summed E-state index contributed by atoms with van der Waals surface area (Å²) in [5.74, 6) is 0.204. The molecule has 1 aromatic carbocycles. The number of halogens is 2. The number of nitrogens with one attached hydrogen (secondary N) is 1. The summed E-state index contributed by atoms with van der Waals surface area (Å²) < 4.78 is 31.0. The Hall–Kier alpha value is -1.95. The van der Waals surface area contributed by atoms with Gasteiger partial charge in [-0.15, -0.1) is 0 Å². The van der Waals surface area contributed by atoms with E-state index in [9.17, 15) is 8.78 Å². The van der Waals surface area contributed by atoms with Crippen LogP contribution in [0.3, 0.4) is 0 Å². The summed E-state index contributed by atoms with van der Waals surface area (Å²) in [5, 5.41) is 7.60. The molecule has 0 aliphatic rings. The van der Waals surface area contributed by atoms with Crippen molar-refractivity contribution in [3.63, 3.8) is 0 Å². The number of alkyl halides is 2. The molecule has 0 amide bonds. The van der Waals surface area contributed by atoms with Gasteiger partial charge in [-0.3, -0.25) is 4.68 Å². The molecule has 0 fully saturated rings. The maximum Gasteiger partial charge on any atom is 0.387 e. The molecule has 4 nitrogen and oxygen atoms in total. The Balaban J connectivity index is 2.04. The van der Waals surface area contributed by atoms with E-state index in [1.807, 2.05) is 27.1 Å². The number of hydrogen-bond donors (Lipinski definition) is 1. The van der Waals surface area contributed by atoms with Gasteiger partial charge in [0, 0.05) is 37.0 Å². The van der Waals surface area contributed by atoms with Gasteiger partial charge in [0.05, 0.1) is 5.69 Å². The molecule has 114 valence electrons. The van der Waals surface area contributed by atoms with Crippen LogP contribution in [-0.4, -0.2) is 16.4 Å². The van der Waals surface area contributed by atoms with Gasteiger partial charge in [-0.1, -0.05) is 18.2 Å². The second-order valence-corrected chi connectivity index (χ2v) is 4.93. The number of rotatable bonds is 6. The summed E-state index contributed by atoms with van der Waals surface area (Å²) in [5.41, 5.74) is 2.74. The fraction of sp³-hybridized carbons (Fsp3) is 0.400. The summed E-state index contributed by atoms with van der Waals surface area (Å²) in [6, 6.07) is 6.86. The van der Waals surface area contributed by atoms with Gasteiger partial charge in [0.1, 0.15) is 5.75 Å². The zero-order valence-corrected chi connectivity index (χ0v) is 12.3. The van der Waals surface area contributed by atoms with Gasteiger partial charge in [-0.05, 0) is 19.9 Å². The molecule has 2 rings (SSSR count). The molecule has 0 saturated heterocycles. The molecule has 0 aliphatic carbocycles. The zero-order valence-electron chi connectivity index (χ0n) is 12.3. The highest BCUT2D eigenvalue weighted by molar-refractivity contribution is 5.33. The highest BCUT2D eigenvalue weighted by Gasteiger charge is 2.13. The molecule has 1 aromatic heterocycles. The maximum atomic E-state index is 12.4. The molecule has 2 aromatic rings. The summed E-state index contributed by atoms with van der Waals surface area (Å²) in [4.78, 5) is 0. The minimum absolute atomic E-state index is 0.0679. The number of para-hydroxylation sites is 1. The first-order valence-electron chi connectivity index (χ1n) is 6.73. The number of hydrogen-bond acceptors (Lipinski definition) is 3. The molecular weight excluding hydrogens is 276 g/mol. The molecule has 1 heterocycles. The minimum atomic E-state index is -2.82. The highest BCUT2D eigenvalue weighted by Crippen LogP contribution is 2.22. The molecule has 0 saturated carbocycles. The van der Waals surface area contributed by atoms with E-state index in [-0.39, 0.29) is 11.8 Å². The standard InChI is InChI=1S/C15H19F2N3O/c1-10(13-9-20(3)19-11(13)2)18-8-12-6-4-5-7-14(12)21-15(16)17/h4-7,9-10,15,18H,8H2,1-3H3. The Morgan fingerprint density at radius 2 is 2.05 bits per heavy atom. The van der Waals surface area contributed by atoms with E-state index in [0.29, 0.717) is 12.1 Å². The second kappa shape index (κ2) is 6.67. The Morgan fingerprint density at radius 1 is 1.33 bits per heavy atom. The first-order valence-corrected chi connectivity index (χ1v) is 6.73. The van der Waals surface area contributed by atoms with Crippen LogP contribution in [0.5, 0.6) is 5.75 Å². The van der Waals surface area contributed by atoms with E-state index < -0.39 is 6.61 Å².